The summed E-state index contributed by atoms with van der Waals surface area (Å²) in [4.78, 5) is 10.9. The number of carbonyl (C=O) groups excluding carboxylic acids is 1. The molecule has 2 heterocycles. The highest BCUT2D eigenvalue weighted by Gasteiger charge is 2.22. The van der Waals surface area contributed by atoms with Gasteiger partial charge in [-0.05, 0) is 19.4 Å². The molecule has 2 atom stereocenters. The fraction of sp³-hybridized carbons (Fsp3) is 0.889. The summed E-state index contributed by atoms with van der Waals surface area (Å²) in [5, 5.41) is 9.77. The lowest BCUT2D eigenvalue weighted by Crippen LogP contribution is -2.49. The molecule has 4 heteroatoms. The maximum atomic E-state index is 10.9. The van der Waals surface area contributed by atoms with E-state index < -0.39 is 0 Å². The van der Waals surface area contributed by atoms with Crippen molar-refractivity contribution in [3.05, 3.63) is 0 Å². The minimum absolute atomic E-state index is 0.197. The molecule has 0 aromatic heterocycles. The topological polar surface area (TPSA) is 53.2 Å². The first kappa shape index (κ1) is 8.97. The Morgan fingerprint density at radius 3 is 2.69 bits per heavy atom. The van der Waals surface area contributed by atoms with Crippen LogP contribution in [0.3, 0.4) is 0 Å². The number of carbonyl (C=O) groups is 1. The Bertz CT molecular complexity index is 179. The number of piperidine rings is 1. The monoisotopic (exact) mass is 183 g/mol. The standard InChI is InChI=1S/C9H17N3O/c13-9-2-1-7(6-11-9)12-8-3-4-10-5-8/h7-8,10,12H,1-6H2,(H,11,13). The van der Waals surface area contributed by atoms with E-state index in [1.807, 2.05) is 0 Å². The second-order valence-corrected chi connectivity index (χ2v) is 3.90. The van der Waals surface area contributed by atoms with Gasteiger partial charge < -0.3 is 16.0 Å². The number of amides is 1. The van der Waals surface area contributed by atoms with E-state index in [9.17, 15) is 4.79 Å². The van der Waals surface area contributed by atoms with Gasteiger partial charge in [0.05, 0.1) is 0 Å². The van der Waals surface area contributed by atoms with Crippen molar-refractivity contribution in [2.45, 2.75) is 31.3 Å². The molecule has 13 heavy (non-hydrogen) atoms. The van der Waals surface area contributed by atoms with Crippen LogP contribution < -0.4 is 16.0 Å². The van der Waals surface area contributed by atoms with Gasteiger partial charge in [0, 0.05) is 31.6 Å². The van der Waals surface area contributed by atoms with Gasteiger partial charge in [-0.3, -0.25) is 4.79 Å². The predicted molar refractivity (Wildman–Crippen MR) is 50.4 cm³/mol. The molecule has 2 unspecified atom stereocenters. The molecule has 2 fully saturated rings. The number of nitrogens with one attached hydrogen (secondary N) is 3. The van der Waals surface area contributed by atoms with Crippen LogP contribution in [-0.4, -0.2) is 37.6 Å². The summed E-state index contributed by atoms with van der Waals surface area (Å²) in [7, 11) is 0. The van der Waals surface area contributed by atoms with Crippen molar-refractivity contribution in [1.82, 2.24) is 16.0 Å². The van der Waals surface area contributed by atoms with E-state index in [-0.39, 0.29) is 5.91 Å². The Hall–Kier alpha value is -0.610. The van der Waals surface area contributed by atoms with Gasteiger partial charge in [0.1, 0.15) is 0 Å². The quantitative estimate of drug-likeness (QED) is 0.526. The van der Waals surface area contributed by atoms with Gasteiger partial charge in [0.2, 0.25) is 5.91 Å². The van der Waals surface area contributed by atoms with Crippen LogP contribution in [0.4, 0.5) is 0 Å². The molecule has 3 N–H and O–H groups in total. The van der Waals surface area contributed by atoms with Crippen molar-refractivity contribution < 1.29 is 4.79 Å². The van der Waals surface area contributed by atoms with Gasteiger partial charge >= 0.3 is 0 Å². The molecule has 74 valence electrons. The Kier molecular flexibility index (Phi) is 2.80. The lowest BCUT2D eigenvalue weighted by atomic mass is 10.1. The SMILES string of the molecule is O=C1CCC(NC2CCNC2)CN1. The van der Waals surface area contributed by atoms with Crippen molar-refractivity contribution in [2.75, 3.05) is 19.6 Å². The van der Waals surface area contributed by atoms with E-state index in [4.69, 9.17) is 0 Å². The molecule has 0 radical (unpaired) electrons. The highest BCUT2D eigenvalue weighted by atomic mass is 16.1. The molecule has 0 bridgehead atoms. The van der Waals surface area contributed by atoms with Crippen molar-refractivity contribution in [3.63, 3.8) is 0 Å². The van der Waals surface area contributed by atoms with E-state index in [2.05, 4.69) is 16.0 Å². The Balaban J connectivity index is 1.72. The van der Waals surface area contributed by atoms with Crippen LogP contribution in [0.2, 0.25) is 0 Å². The fourth-order valence-electron chi connectivity index (χ4n) is 2.01. The van der Waals surface area contributed by atoms with Crippen LogP contribution in [0, 0.1) is 0 Å². The maximum absolute atomic E-state index is 10.9. The summed E-state index contributed by atoms with van der Waals surface area (Å²) in [6.07, 6.45) is 2.88. The van der Waals surface area contributed by atoms with Crippen LogP contribution in [0.1, 0.15) is 19.3 Å². The summed E-state index contributed by atoms with van der Waals surface area (Å²) in [5.41, 5.74) is 0. The smallest absolute Gasteiger partial charge is 0.220 e. The first-order chi connectivity index (χ1) is 6.34. The number of rotatable bonds is 2. The first-order valence-electron chi connectivity index (χ1n) is 5.08. The normalized spacial score (nSPS) is 34.6. The maximum Gasteiger partial charge on any atom is 0.220 e. The summed E-state index contributed by atoms with van der Waals surface area (Å²) >= 11 is 0. The molecule has 1 amide bonds. The third kappa shape index (κ3) is 2.42. The molecular weight excluding hydrogens is 166 g/mol. The van der Waals surface area contributed by atoms with Crippen molar-refractivity contribution in [2.24, 2.45) is 0 Å². The largest absolute Gasteiger partial charge is 0.355 e. The lowest BCUT2D eigenvalue weighted by molar-refractivity contribution is -0.122. The molecule has 2 saturated heterocycles. The van der Waals surface area contributed by atoms with Crippen LogP contribution >= 0.6 is 0 Å². The highest BCUT2D eigenvalue weighted by Crippen LogP contribution is 2.06. The number of hydrogen-bond acceptors (Lipinski definition) is 3. The van der Waals surface area contributed by atoms with E-state index >= 15 is 0 Å². The molecule has 2 aliphatic heterocycles. The van der Waals surface area contributed by atoms with E-state index in [0.717, 1.165) is 26.1 Å². The zero-order valence-electron chi connectivity index (χ0n) is 7.81. The van der Waals surface area contributed by atoms with Gasteiger partial charge in [0.25, 0.3) is 0 Å². The Morgan fingerprint density at radius 2 is 2.08 bits per heavy atom. The predicted octanol–water partition coefficient (Wildman–Crippen LogP) is -0.783. The third-order valence-corrected chi connectivity index (χ3v) is 2.80. The van der Waals surface area contributed by atoms with Crippen molar-refractivity contribution in [1.29, 1.82) is 0 Å². The molecule has 2 aliphatic rings. The van der Waals surface area contributed by atoms with Gasteiger partial charge in [-0.1, -0.05) is 0 Å². The zero-order valence-corrected chi connectivity index (χ0v) is 7.81. The molecule has 0 saturated carbocycles. The van der Waals surface area contributed by atoms with Crippen LogP contribution in [0.25, 0.3) is 0 Å². The van der Waals surface area contributed by atoms with E-state index in [1.165, 1.54) is 6.42 Å². The minimum Gasteiger partial charge on any atom is -0.355 e. The van der Waals surface area contributed by atoms with E-state index in [1.54, 1.807) is 0 Å². The van der Waals surface area contributed by atoms with Gasteiger partial charge in [-0.25, -0.2) is 0 Å². The van der Waals surface area contributed by atoms with Gasteiger partial charge in [-0.2, -0.15) is 0 Å². The lowest BCUT2D eigenvalue weighted by Gasteiger charge is -2.26. The van der Waals surface area contributed by atoms with Gasteiger partial charge in [-0.15, -0.1) is 0 Å². The third-order valence-electron chi connectivity index (χ3n) is 2.80. The molecule has 4 nitrogen and oxygen atoms in total. The second-order valence-electron chi connectivity index (χ2n) is 3.90. The molecule has 0 aliphatic carbocycles. The molecule has 2 rings (SSSR count). The Labute approximate surface area is 78.5 Å². The summed E-state index contributed by atoms with van der Waals surface area (Å²) in [6.45, 7) is 3.00. The Morgan fingerprint density at radius 1 is 1.23 bits per heavy atom. The fourth-order valence-corrected chi connectivity index (χ4v) is 2.01. The molecule has 0 spiro atoms. The van der Waals surface area contributed by atoms with Crippen molar-refractivity contribution >= 4 is 5.91 Å². The average Bonchev–Trinajstić information content (AvgIpc) is 2.62. The zero-order chi connectivity index (χ0) is 9.10. The summed E-state index contributed by atoms with van der Waals surface area (Å²) in [6, 6.07) is 1.10. The number of hydrogen-bond donors (Lipinski definition) is 3. The minimum atomic E-state index is 0.197. The summed E-state index contributed by atoms with van der Waals surface area (Å²) in [5.74, 6) is 0.197. The average molecular weight is 183 g/mol. The van der Waals surface area contributed by atoms with Crippen LogP contribution in [0.5, 0.6) is 0 Å². The van der Waals surface area contributed by atoms with Gasteiger partial charge in [0.15, 0.2) is 0 Å². The van der Waals surface area contributed by atoms with E-state index in [0.29, 0.717) is 18.5 Å². The van der Waals surface area contributed by atoms with Crippen LogP contribution in [0.15, 0.2) is 0 Å². The first-order valence-corrected chi connectivity index (χ1v) is 5.08. The van der Waals surface area contributed by atoms with Crippen LogP contribution in [-0.2, 0) is 4.79 Å². The highest BCUT2D eigenvalue weighted by molar-refractivity contribution is 5.76. The second kappa shape index (κ2) is 4.07. The molecular formula is C9H17N3O. The molecule has 0 aromatic carbocycles. The molecule has 0 aromatic rings. The summed E-state index contributed by atoms with van der Waals surface area (Å²) < 4.78 is 0. The van der Waals surface area contributed by atoms with Crippen molar-refractivity contribution in [3.8, 4) is 0 Å².